The second kappa shape index (κ2) is 8.36. The Bertz CT molecular complexity index is 1200. The Balaban J connectivity index is 1.71. The first-order chi connectivity index (χ1) is 14.0. The quantitative estimate of drug-likeness (QED) is 0.261. The highest BCUT2D eigenvalue weighted by atomic mass is 32.2. The topological polar surface area (TPSA) is 49.6 Å². The molecule has 0 spiro atoms. The molecule has 0 saturated carbocycles. The summed E-state index contributed by atoms with van der Waals surface area (Å²) in [4.78, 5) is 10.4. The van der Waals surface area contributed by atoms with Gasteiger partial charge in [0.1, 0.15) is 15.7 Å². The lowest BCUT2D eigenvalue weighted by atomic mass is 9.99. The minimum absolute atomic E-state index is 0.518. The number of thiophene rings is 1. The van der Waals surface area contributed by atoms with Gasteiger partial charge in [0.25, 0.3) is 0 Å². The molecule has 3 nitrogen and oxygen atoms in total. The molecule has 0 N–H and O–H groups in total. The van der Waals surface area contributed by atoms with Crippen LogP contribution in [0.15, 0.2) is 58.9 Å². The number of nitriles is 1. The summed E-state index contributed by atoms with van der Waals surface area (Å²) in [6, 6.07) is 18.8. The molecule has 0 radical (unpaired) electrons. The van der Waals surface area contributed by atoms with Gasteiger partial charge in [0.05, 0.1) is 17.0 Å². The highest BCUT2D eigenvalue weighted by molar-refractivity contribution is 7.98. The Morgan fingerprint density at radius 2 is 1.90 bits per heavy atom. The smallest absolute Gasteiger partial charge is 0.128 e. The molecule has 2 heterocycles. The Morgan fingerprint density at radius 3 is 2.62 bits per heavy atom. The maximum atomic E-state index is 9.14. The maximum Gasteiger partial charge on any atom is 0.128 e. The van der Waals surface area contributed by atoms with E-state index in [-0.39, 0.29) is 0 Å². The molecule has 0 aliphatic carbocycles. The number of hydrogen-bond acceptors (Lipinski definition) is 5. The molecular formula is C24H21N3S2. The minimum Gasteiger partial charge on any atom is -0.226 e. The summed E-state index contributed by atoms with van der Waals surface area (Å²) in [5, 5.41) is 13.4. The summed E-state index contributed by atoms with van der Waals surface area (Å²) in [6.45, 7) is 6.36. The summed E-state index contributed by atoms with van der Waals surface area (Å²) in [7, 11) is 0. The van der Waals surface area contributed by atoms with Crippen molar-refractivity contribution >= 4 is 33.3 Å². The molecule has 0 amide bonds. The van der Waals surface area contributed by atoms with Gasteiger partial charge in [-0.15, -0.1) is 23.1 Å². The van der Waals surface area contributed by atoms with Crippen molar-refractivity contribution in [3.63, 3.8) is 0 Å². The third kappa shape index (κ3) is 4.19. The van der Waals surface area contributed by atoms with Gasteiger partial charge >= 0.3 is 0 Å². The highest BCUT2D eigenvalue weighted by Gasteiger charge is 2.15. The SMILES string of the molecule is Cc1nc(SCc2cccc(C#N)c2)c2c(-c3ccc(C(C)C)cc3)csc2n1. The standard InChI is InChI=1S/C24H21N3S2/c1-15(2)19-7-9-20(10-8-19)21-14-29-24-22(21)23(26-16(3)27-24)28-13-18-6-4-5-17(11-18)12-25/h4-11,14-15H,13H2,1-3H3. The minimum atomic E-state index is 0.518. The van der Waals surface area contributed by atoms with Crippen molar-refractivity contribution < 1.29 is 0 Å². The average Bonchev–Trinajstić information content (AvgIpc) is 3.16. The highest BCUT2D eigenvalue weighted by Crippen LogP contribution is 2.39. The van der Waals surface area contributed by atoms with E-state index in [9.17, 15) is 0 Å². The third-order valence-corrected chi connectivity index (χ3v) is 6.75. The van der Waals surface area contributed by atoms with E-state index in [0.29, 0.717) is 11.5 Å². The third-order valence-electron chi connectivity index (χ3n) is 4.83. The van der Waals surface area contributed by atoms with Gasteiger partial charge in [-0.05, 0) is 41.7 Å². The Morgan fingerprint density at radius 1 is 1.10 bits per heavy atom. The fourth-order valence-corrected chi connectivity index (χ4v) is 5.35. The van der Waals surface area contributed by atoms with Crippen LogP contribution in [0.1, 0.15) is 42.3 Å². The van der Waals surface area contributed by atoms with Crippen LogP contribution in [0.25, 0.3) is 21.3 Å². The van der Waals surface area contributed by atoms with Crippen LogP contribution in [0.3, 0.4) is 0 Å². The first-order valence-corrected chi connectivity index (χ1v) is 11.4. The van der Waals surface area contributed by atoms with Gasteiger partial charge in [0, 0.05) is 16.7 Å². The van der Waals surface area contributed by atoms with Crippen LogP contribution < -0.4 is 0 Å². The summed E-state index contributed by atoms with van der Waals surface area (Å²) < 4.78 is 0. The van der Waals surface area contributed by atoms with E-state index in [2.05, 4.69) is 60.6 Å². The number of aryl methyl sites for hydroxylation is 1. The van der Waals surface area contributed by atoms with E-state index in [4.69, 9.17) is 10.2 Å². The van der Waals surface area contributed by atoms with E-state index in [1.165, 1.54) is 16.7 Å². The predicted molar refractivity (Wildman–Crippen MR) is 122 cm³/mol. The summed E-state index contributed by atoms with van der Waals surface area (Å²) in [5.74, 6) is 2.07. The van der Waals surface area contributed by atoms with Crippen molar-refractivity contribution in [2.75, 3.05) is 0 Å². The fraction of sp³-hybridized carbons (Fsp3) is 0.208. The number of aromatic nitrogens is 2. The average molecular weight is 416 g/mol. The van der Waals surface area contributed by atoms with Gasteiger partial charge in [0.2, 0.25) is 0 Å². The second-order valence-corrected chi connectivity index (χ2v) is 9.11. The van der Waals surface area contributed by atoms with Crippen LogP contribution in [0.5, 0.6) is 0 Å². The molecule has 4 rings (SSSR count). The van der Waals surface area contributed by atoms with Crippen molar-refractivity contribution in [1.29, 1.82) is 5.26 Å². The Hall–Kier alpha value is -2.68. The van der Waals surface area contributed by atoms with Gasteiger partial charge < -0.3 is 0 Å². The molecule has 0 saturated heterocycles. The van der Waals surface area contributed by atoms with Crippen molar-refractivity contribution in [3.8, 4) is 17.2 Å². The molecule has 2 aromatic heterocycles. The van der Waals surface area contributed by atoms with E-state index < -0.39 is 0 Å². The lowest BCUT2D eigenvalue weighted by molar-refractivity contribution is 0.867. The Kier molecular flexibility index (Phi) is 5.66. The number of thioether (sulfide) groups is 1. The number of nitrogens with zero attached hydrogens (tertiary/aromatic N) is 3. The summed E-state index contributed by atoms with van der Waals surface area (Å²) in [5.41, 5.74) is 5.53. The van der Waals surface area contributed by atoms with E-state index >= 15 is 0 Å². The first-order valence-electron chi connectivity index (χ1n) is 9.53. The molecule has 0 aliphatic heterocycles. The van der Waals surface area contributed by atoms with E-state index in [1.54, 1.807) is 23.1 Å². The Labute approximate surface area is 179 Å². The van der Waals surface area contributed by atoms with E-state index in [1.807, 2.05) is 25.1 Å². The molecule has 144 valence electrons. The van der Waals surface area contributed by atoms with Gasteiger partial charge in [-0.3, -0.25) is 0 Å². The molecule has 0 bridgehead atoms. The van der Waals surface area contributed by atoms with Crippen LogP contribution in [0.4, 0.5) is 0 Å². The number of rotatable bonds is 5. The van der Waals surface area contributed by atoms with Crippen LogP contribution in [0.2, 0.25) is 0 Å². The van der Waals surface area contributed by atoms with Crippen molar-refractivity contribution in [1.82, 2.24) is 9.97 Å². The van der Waals surface area contributed by atoms with Crippen LogP contribution >= 0.6 is 23.1 Å². The van der Waals surface area contributed by atoms with Gasteiger partial charge in [-0.25, -0.2) is 9.97 Å². The van der Waals surface area contributed by atoms with Crippen LogP contribution in [-0.4, -0.2) is 9.97 Å². The maximum absolute atomic E-state index is 9.14. The zero-order chi connectivity index (χ0) is 20.4. The molecule has 29 heavy (non-hydrogen) atoms. The molecule has 5 heteroatoms. The molecule has 0 unspecified atom stereocenters. The largest absolute Gasteiger partial charge is 0.226 e. The normalized spacial score (nSPS) is 11.1. The van der Waals surface area contributed by atoms with Crippen molar-refractivity contribution in [2.24, 2.45) is 0 Å². The number of benzene rings is 2. The molecule has 0 atom stereocenters. The monoisotopic (exact) mass is 415 g/mol. The molecule has 2 aromatic carbocycles. The summed E-state index contributed by atoms with van der Waals surface area (Å²) >= 11 is 3.37. The fourth-order valence-electron chi connectivity index (χ4n) is 3.26. The zero-order valence-electron chi connectivity index (χ0n) is 16.6. The molecular weight excluding hydrogens is 394 g/mol. The number of hydrogen-bond donors (Lipinski definition) is 0. The lowest BCUT2D eigenvalue weighted by Gasteiger charge is -2.09. The van der Waals surface area contributed by atoms with Crippen molar-refractivity contribution in [3.05, 3.63) is 76.4 Å². The van der Waals surface area contributed by atoms with Crippen LogP contribution in [-0.2, 0) is 5.75 Å². The molecule has 0 fully saturated rings. The zero-order valence-corrected chi connectivity index (χ0v) is 18.3. The van der Waals surface area contributed by atoms with Crippen LogP contribution in [0, 0.1) is 18.3 Å². The number of fused-ring (bicyclic) bond motifs is 1. The lowest BCUT2D eigenvalue weighted by Crippen LogP contribution is -1.93. The van der Waals surface area contributed by atoms with Gasteiger partial charge in [0.15, 0.2) is 0 Å². The second-order valence-electron chi connectivity index (χ2n) is 7.28. The predicted octanol–water partition coefficient (Wildman–Crippen LogP) is 6.95. The molecule has 4 aromatic rings. The van der Waals surface area contributed by atoms with Gasteiger partial charge in [-0.1, -0.05) is 50.2 Å². The van der Waals surface area contributed by atoms with Crippen molar-refractivity contribution in [2.45, 2.75) is 37.5 Å². The van der Waals surface area contributed by atoms with E-state index in [0.717, 1.165) is 32.4 Å². The first kappa shape index (κ1) is 19.6. The van der Waals surface area contributed by atoms with Gasteiger partial charge in [-0.2, -0.15) is 5.26 Å². The molecule has 0 aliphatic rings. The summed E-state index contributed by atoms with van der Waals surface area (Å²) in [6.07, 6.45) is 0.